The molecule has 2 aromatic carbocycles. The molecule has 140 valence electrons. The van der Waals surface area contributed by atoms with E-state index in [1.807, 2.05) is 45.9 Å². The maximum absolute atomic E-state index is 12.5. The molecule has 0 aromatic heterocycles. The number of nitrogens with one attached hydrogen (secondary N) is 1. The molecule has 2 aromatic rings. The molecule has 2 rings (SSSR count). The summed E-state index contributed by atoms with van der Waals surface area (Å²) in [6.07, 6.45) is 0. The molecular weight excluding hydrogens is 348 g/mol. The number of benzene rings is 2. The first-order valence-electron chi connectivity index (χ1n) is 8.53. The first-order valence-corrected chi connectivity index (χ1v) is 10.0. The monoisotopic (exact) mass is 374 g/mol. The van der Waals surface area contributed by atoms with E-state index >= 15 is 0 Å². The van der Waals surface area contributed by atoms with E-state index in [0.29, 0.717) is 0 Å². The molecule has 0 saturated heterocycles. The lowest BCUT2D eigenvalue weighted by atomic mass is 10.1. The van der Waals surface area contributed by atoms with Crippen LogP contribution in [0.3, 0.4) is 0 Å². The van der Waals surface area contributed by atoms with Gasteiger partial charge in [-0.1, -0.05) is 12.1 Å². The maximum atomic E-state index is 12.5. The van der Waals surface area contributed by atoms with Crippen molar-refractivity contribution in [2.75, 3.05) is 18.0 Å². The predicted octanol–water partition coefficient (Wildman–Crippen LogP) is 3.25. The molecule has 0 saturated carbocycles. The SMILES string of the molecule is CC(=O)N(CCNS(=O)(=O)c1ccc(C)c(C)c1)c1cc(C)cc(C)c1. The molecule has 0 fully saturated rings. The maximum Gasteiger partial charge on any atom is 0.240 e. The van der Waals surface area contributed by atoms with Gasteiger partial charge in [0.15, 0.2) is 0 Å². The minimum absolute atomic E-state index is 0.125. The van der Waals surface area contributed by atoms with Gasteiger partial charge in [0, 0.05) is 25.7 Å². The quantitative estimate of drug-likeness (QED) is 0.844. The molecule has 0 aliphatic heterocycles. The van der Waals surface area contributed by atoms with Crippen LogP contribution in [-0.2, 0) is 14.8 Å². The number of nitrogens with zero attached hydrogens (tertiary/aromatic N) is 1. The van der Waals surface area contributed by atoms with Gasteiger partial charge < -0.3 is 4.90 Å². The van der Waals surface area contributed by atoms with Crippen LogP contribution < -0.4 is 9.62 Å². The smallest absolute Gasteiger partial charge is 0.240 e. The third-order valence-electron chi connectivity index (χ3n) is 4.31. The van der Waals surface area contributed by atoms with Gasteiger partial charge >= 0.3 is 0 Å². The second-order valence-corrected chi connectivity index (χ2v) is 8.43. The first kappa shape index (κ1) is 20.1. The molecule has 1 amide bonds. The molecule has 6 heteroatoms. The van der Waals surface area contributed by atoms with E-state index in [2.05, 4.69) is 4.72 Å². The van der Waals surface area contributed by atoms with E-state index < -0.39 is 10.0 Å². The number of hydrogen-bond donors (Lipinski definition) is 1. The highest BCUT2D eigenvalue weighted by Gasteiger charge is 2.17. The normalized spacial score (nSPS) is 11.4. The molecular formula is C20H26N2O3S. The number of sulfonamides is 1. The average molecular weight is 375 g/mol. The number of anilines is 1. The summed E-state index contributed by atoms with van der Waals surface area (Å²) in [5, 5.41) is 0. The average Bonchev–Trinajstić information content (AvgIpc) is 2.52. The van der Waals surface area contributed by atoms with Crippen molar-refractivity contribution in [1.82, 2.24) is 4.72 Å². The number of carbonyl (C=O) groups excluding carboxylic acids is 1. The summed E-state index contributed by atoms with van der Waals surface area (Å²) in [6, 6.07) is 10.9. The van der Waals surface area contributed by atoms with E-state index in [1.54, 1.807) is 23.1 Å². The number of amides is 1. The van der Waals surface area contributed by atoms with Gasteiger partial charge in [0.05, 0.1) is 4.90 Å². The van der Waals surface area contributed by atoms with Crippen LogP contribution in [0.25, 0.3) is 0 Å². The fraction of sp³-hybridized carbons (Fsp3) is 0.350. The number of aryl methyl sites for hydroxylation is 4. The van der Waals surface area contributed by atoms with Gasteiger partial charge in [0.25, 0.3) is 0 Å². The summed E-state index contributed by atoms with van der Waals surface area (Å²) >= 11 is 0. The van der Waals surface area contributed by atoms with Crippen molar-refractivity contribution >= 4 is 21.6 Å². The van der Waals surface area contributed by atoms with Gasteiger partial charge in [0.2, 0.25) is 15.9 Å². The molecule has 26 heavy (non-hydrogen) atoms. The zero-order valence-electron chi connectivity index (χ0n) is 16.0. The van der Waals surface area contributed by atoms with Gasteiger partial charge in [-0.3, -0.25) is 4.79 Å². The highest BCUT2D eigenvalue weighted by atomic mass is 32.2. The molecule has 0 unspecified atom stereocenters. The molecule has 0 aliphatic rings. The van der Waals surface area contributed by atoms with Crippen LogP contribution in [0.1, 0.15) is 29.2 Å². The van der Waals surface area contributed by atoms with E-state index in [9.17, 15) is 13.2 Å². The second kappa shape index (κ2) is 8.01. The molecule has 1 N–H and O–H groups in total. The lowest BCUT2D eigenvalue weighted by Gasteiger charge is -2.22. The molecule has 0 bridgehead atoms. The molecule has 0 radical (unpaired) electrons. The van der Waals surface area contributed by atoms with Crippen LogP contribution in [0.2, 0.25) is 0 Å². The third kappa shape index (κ3) is 4.93. The Morgan fingerprint density at radius 2 is 1.58 bits per heavy atom. The van der Waals surface area contributed by atoms with E-state index in [0.717, 1.165) is 27.9 Å². The predicted molar refractivity (Wildman–Crippen MR) is 105 cm³/mol. The fourth-order valence-corrected chi connectivity index (χ4v) is 3.94. The Morgan fingerprint density at radius 3 is 2.12 bits per heavy atom. The summed E-state index contributed by atoms with van der Waals surface area (Å²) in [6.45, 7) is 9.65. The van der Waals surface area contributed by atoms with E-state index in [4.69, 9.17) is 0 Å². The highest BCUT2D eigenvalue weighted by molar-refractivity contribution is 7.89. The lowest BCUT2D eigenvalue weighted by molar-refractivity contribution is -0.116. The number of rotatable bonds is 6. The molecule has 0 heterocycles. The van der Waals surface area contributed by atoms with Gasteiger partial charge in [-0.15, -0.1) is 0 Å². The minimum Gasteiger partial charge on any atom is -0.311 e. The molecule has 0 atom stereocenters. The van der Waals surface area contributed by atoms with Crippen molar-refractivity contribution in [2.24, 2.45) is 0 Å². The van der Waals surface area contributed by atoms with Gasteiger partial charge in [-0.05, 0) is 74.2 Å². The minimum atomic E-state index is -3.61. The molecule has 5 nitrogen and oxygen atoms in total. The van der Waals surface area contributed by atoms with Crippen LogP contribution in [0.5, 0.6) is 0 Å². The summed E-state index contributed by atoms with van der Waals surface area (Å²) in [5.41, 5.74) is 4.86. The van der Waals surface area contributed by atoms with Crippen molar-refractivity contribution < 1.29 is 13.2 Å². The van der Waals surface area contributed by atoms with Crippen LogP contribution in [-0.4, -0.2) is 27.4 Å². The number of carbonyl (C=O) groups is 1. The Balaban J connectivity index is 2.12. The number of hydrogen-bond acceptors (Lipinski definition) is 3. The first-order chi connectivity index (χ1) is 12.1. The fourth-order valence-electron chi connectivity index (χ4n) is 2.83. The van der Waals surface area contributed by atoms with Crippen molar-refractivity contribution in [2.45, 2.75) is 39.5 Å². The zero-order chi connectivity index (χ0) is 19.5. The Hall–Kier alpha value is -2.18. The van der Waals surface area contributed by atoms with Crippen LogP contribution in [0.4, 0.5) is 5.69 Å². The van der Waals surface area contributed by atoms with Crippen molar-refractivity contribution in [3.63, 3.8) is 0 Å². The van der Waals surface area contributed by atoms with Crippen LogP contribution >= 0.6 is 0 Å². The van der Waals surface area contributed by atoms with Crippen LogP contribution in [0, 0.1) is 27.7 Å². The summed E-state index contributed by atoms with van der Waals surface area (Å²) in [4.78, 5) is 13.8. The van der Waals surface area contributed by atoms with E-state index in [1.165, 1.54) is 6.92 Å². The van der Waals surface area contributed by atoms with Crippen molar-refractivity contribution in [1.29, 1.82) is 0 Å². The Bertz CT molecular complexity index is 900. The third-order valence-corrected chi connectivity index (χ3v) is 5.77. The van der Waals surface area contributed by atoms with Gasteiger partial charge in [-0.2, -0.15) is 0 Å². The molecule has 0 spiro atoms. The Labute approximate surface area is 156 Å². The largest absolute Gasteiger partial charge is 0.311 e. The zero-order valence-corrected chi connectivity index (χ0v) is 16.8. The Morgan fingerprint density at radius 1 is 0.962 bits per heavy atom. The van der Waals surface area contributed by atoms with E-state index in [-0.39, 0.29) is 23.9 Å². The summed E-state index contributed by atoms with van der Waals surface area (Å²) in [5.74, 6) is -0.125. The second-order valence-electron chi connectivity index (χ2n) is 6.66. The Kier molecular flexibility index (Phi) is 6.21. The van der Waals surface area contributed by atoms with Gasteiger partial charge in [0.1, 0.15) is 0 Å². The van der Waals surface area contributed by atoms with Crippen LogP contribution in [0.15, 0.2) is 41.3 Å². The molecule has 0 aliphatic carbocycles. The van der Waals surface area contributed by atoms with Crippen molar-refractivity contribution in [3.8, 4) is 0 Å². The standard InChI is InChI=1S/C20H26N2O3S/c1-14-10-15(2)12-19(11-14)22(18(5)23)9-8-21-26(24,25)20-7-6-16(3)17(4)13-20/h6-7,10-13,21H,8-9H2,1-5H3. The van der Waals surface area contributed by atoms with Gasteiger partial charge in [-0.25, -0.2) is 13.1 Å². The topological polar surface area (TPSA) is 66.5 Å². The highest BCUT2D eigenvalue weighted by Crippen LogP contribution is 2.19. The van der Waals surface area contributed by atoms with Crippen molar-refractivity contribution in [3.05, 3.63) is 58.7 Å². The summed E-state index contributed by atoms with van der Waals surface area (Å²) in [7, 11) is -3.61. The summed E-state index contributed by atoms with van der Waals surface area (Å²) < 4.78 is 27.5. The lowest BCUT2D eigenvalue weighted by Crippen LogP contribution is -2.37.